The van der Waals surface area contributed by atoms with Gasteiger partial charge in [0.25, 0.3) is 0 Å². The highest BCUT2D eigenvalue weighted by molar-refractivity contribution is 6.35. The van der Waals surface area contributed by atoms with E-state index in [0.29, 0.717) is 23.1 Å². The van der Waals surface area contributed by atoms with Gasteiger partial charge in [0, 0.05) is 16.6 Å². The number of hydrogen-bond acceptors (Lipinski definition) is 2. The molecule has 2 rings (SSSR count). The number of hydrogen-bond donors (Lipinski definition) is 3. The average molecular weight is 411 g/mol. The van der Waals surface area contributed by atoms with Gasteiger partial charge in [0.1, 0.15) is 5.82 Å². The summed E-state index contributed by atoms with van der Waals surface area (Å²) in [6.07, 6.45) is 0.184. The maximum atomic E-state index is 12.8. The standard InChI is InChI=1S/C19H21Cl2FN4O/c1-12(16-7-4-14(20)11-17(16)21)26-19(23)25-9-8-24-18(27)10-13-2-5-15(22)6-3-13/h2-7,11-12H,8-10H2,1H3,(H,24,27)(H3,23,25,26). The van der Waals surface area contributed by atoms with Crippen LogP contribution in [0, 0.1) is 5.82 Å². The highest BCUT2D eigenvalue weighted by atomic mass is 35.5. The molecule has 1 atom stereocenters. The molecule has 2 aromatic carbocycles. The Kier molecular flexibility index (Phi) is 7.88. The minimum atomic E-state index is -0.328. The van der Waals surface area contributed by atoms with Gasteiger partial charge in [-0.05, 0) is 42.3 Å². The lowest BCUT2D eigenvalue weighted by molar-refractivity contribution is -0.120. The summed E-state index contributed by atoms with van der Waals surface area (Å²) in [7, 11) is 0. The number of rotatable bonds is 7. The molecular formula is C19H21Cl2FN4O. The molecule has 0 heterocycles. The van der Waals surface area contributed by atoms with Gasteiger partial charge in [0.2, 0.25) is 5.91 Å². The summed E-state index contributed by atoms with van der Waals surface area (Å²) in [6, 6.07) is 10.9. The molecule has 0 aliphatic heterocycles. The van der Waals surface area contributed by atoms with Crippen LogP contribution in [-0.4, -0.2) is 25.0 Å². The van der Waals surface area contributed by atoms with Gasteiger partial charge >= 0.3 is 0 Å². The van der Waals surface area contributed by atoms with Crippen LogP contribution in [0.5, 0.6) is 0 Å². The lowest BCUT2D eigenvalue weighted by Gasteiger charge is -2.16. The van der Waals surface area contributed by atoms with E-state index in [1.807, 2.05) is 13.0 Å². The van der Waals surface area contributed by atoms with Crippen molar-refractivity contribution >= 4 is 35.1 Å². The highest BCUT2D eigenvalue weighted by Crippen LogP contribution is 2.25. The van der Waals surface area contributed by atoms with E-state index in [2.05, 4.69) is 15.6 Å². The fourth-order valence-corrected chi connectivity index (χ4v) is 2.99. The summed E-state index contributed by atoms with van der Waals surface area (Å²) in [4.78, 5) is 16.0. The summed E-state index contributed by atoms with van der Waals surface area (Å²) >= 11 is 12.1. The lowest BCUT2D eigenvalue weighted by atomic mass is 10.1. The molecule has 5 nitrogen and oxygen atoms in total. The molecule has 8 heteroatoms. The van der Waals surface area contributed by atoms with Crippen LogP contribution in [0.3, 0.4) is 0 Å². The van der Waals surface area contributed by atoms with E-state index in [-0.39, 0.29) is 30.1 Å². The molecular weight excluding hydrogens is 390 g/mol. The SMILES string of the molecule is CC(NC(N)=NCCNC(=O)Cc1ccc(F)cc1)c1ccc(Cl)cc1Cl. The zero-order chi connectivity index (χ0) is 19.8. The molecule has 0 saturated heterocycles. The average Bonchev–Trinajstić information content (AvgIpc) is 2.60. The van der Waals surface area contributed by atoms with E-state index in [1.165, 1.54) is 12.1 Å². The first-order valence-corrected chi connectivity index (χ1v) is 9.13. The molecule has 0 aliphatic rings. The minimum Gasteiger partial charge on any atom is -0.370 e. The van der Waals surface area contributed by atoms with Crippen molar-refractivity contribution in [3.63, 3.8) is 0 Å². The molecule has 1 unspecified atom stereocenters. The number of amides is 1. The first kappa shape index (κ1) is 21.0. The van der Waals surface area contributed by atoms with Gasteiger partial charge in [0.15, 0.2) is 5.96 Å². The molecule has 2 aromatic rings. The summed E-state index contributed by atoms with van der Waals surface area (Å²) < 4.78 is 12.8. The Hall–Kier alpha value is -2.31. The van der Waals surface area contributed by atoms with Crippen molar-refractivity contribution in [2.24, 2.45) is 10.7 Å². The third kappa shape index (κ3) is 7.07. The lowest BCUT2D eigenvalue weighted by Crippen LogP contribution is -2.35. The number of nitrogens with one attached hydrogen (secondary N) is 2. The summed E-state index contributed by atoms with van der Waals surface area (Å²) in [5.74, 6) is -0.239. The largest absolute Gasteiger partial charge is 0.370 e. The predicted molar refractivity (Wildman–Crippen MR) is 108 cm³/mol. The Morgan fingerprint density at radius 1 is 1.22 bits per heavy atom. The molecule has 0 fully saturated rings. The van der Waals surface area contributed by atoms with Crippen molar-refractivity contribution in [2.75, 3.05) is 13.1 Å². The first-order chi connectivity index (χ1) is 12.8. The normalized spacial score (nSPS) is 12.5. The predicted octanol–water partition coefficient (Wildman–Crippen LogP) is 3.46. The summed E-state index contributed by atoms with van der Waals surface area (Å²) in [6.45, 7) is 2.58. The van der Waals surface area contributed by atoms with Gasteiger partial charge in [-0.25, -0.2) is 4.39 Å². The molecule has 0 spiro atoms. The number of benzene rings is 2. The quantitative estimate of drug-likeness (QED) is 0.371. The number of carbonyl (C=O) groups excluding carboxylic acids is 1. The van der Waals surface area contributed by atoms with Crippen LogP contribution in [0.25, 0.3) is 0 Å². The Morgan fingerprint density at radius 3 is 2.59 bits per heavy atom. The van der Waals surface area contributed by atoms with Crippen LogP contribution in [0.15, 0.2) is 47.5 Å². The molecule has 1 amide bonds. The Bertz CT molecular complexity index is 812. The van der Waals surface area contributed by atoms with Crippen LogP contribution in [-0.2, 0) is 11.2 Å². The molecule has 4 N–H and O–H groups in total. The van der Waals surface area contributed by atoms with Gasteiger partial charge in [-0.2, -0.15) is 0 Å². The van der Waals surface area contributed by atoms with Crippen LogP contribution in [0.1, 0.15) is 24.1 Å². The topological polar surface area (TPSA) is 79.5 Å². The number of nitrogens with two attached hydrogens (primary N) is 1. The van der Waals surface area contributed by atoms with Gasteiger partial charge in [0.05, 0.1) is 19.0 Å². The number of guanidine groups is 1. The number of aliphatic imine (C=N–C) groups is 1. The van der Waals surface area contributed by atoms with E-state index in [4.69, 9.17) is 28.9 Å². The van der Waals surface area contributed by atoms with Crippen LogP contribution < -0.4 is 16.4 Å². The van der Waals surface area contributed by atoms with E-state index >= 15 is 0 Å². The number of carbonyl (C=O) groups is 1. The molecule has 27 heavy (non-hydrogen) atoms. The van der Waals surface area contributed by atoms with Gasteiger partial charge in [-0.1, -0.05) is 41.4 Å². The zero-order valence-electron chi connectivity index (χ0n) is 14.8. The minimum absolute atomic E-state index is 0.147. The third-order valence-electron chi connectivity index (χ3n) is 3.79. The van der Waals surface area contributed by atoms with E-state index in [0.717, 1.165) is 11.1 Å². The highest BCUT2D eigenvalue weighted by Gasteiger charge is 2.10. The van der Waals surface area contributed by atoms with Crippen molar-refractivity contribution in [3.05, 3.63) is 69.5 Å². The molecule has 0 aliphatic carbocycles. The maximum Gasteiger partial charge on any atom is 0.224 e. The van der Waals surface area contributed by atoms with E-state index in [1.54, 1.807) is 24.3 Å². The first-order valence-electron chi connectivity index (χ1n) is 8.37. The van der Waals surface area contributed by atoms with Crippen molar-refractivity contribution in [1.82, 2.24) is 10.6 Å². The summed E-state index contributed by atoms with van der Waals surface area (Å²) in [5, 5.41) is 6.89. The number of halogens is 3. The Balaban J connectivity index is 1.75. The van der Waals surface area contributed by atoms with Crippen LogP contribution in [0.4, 0.5) is 4.39 Å². The van der Waals surface area contributed by atoms with Crippen molar-refractivity contribution in [3.8, 4) is 0 Å². The fraction of sp³-hybridized carbons (Fsp3) is 0.263. The molecule has 144 valence electrons. The van der Waals surface area contributed by atoms with Gasteiger partial charge in [-0.3, -0.25) is 9.79 Å². The fourth-order valence-electron chi connectivity index (χ4n) is 2.42. The maximum absolute atomic E-state index is 12.8. The van der Waals surface area contributed by atoms with Crippen molar-refractivity contribution in [2.45, 2.75) is 19.4 Å². The second-order valence-corrected chi connectivity index (χ2v) is 6.80. The number of nitrogens with zero attached hydrogens (tertiary/aromatic N) is 1. The van der Waals surface area contributed by atoms with E-state index < -0.39 is 0 Å². The van der Waals surface area contributed by atoms with Crippen LogP contribution in [0.2, 0.25) is 10.0 Å². The van der Waals surface area contributed by atoms with Crippen molar-refractivity contribution in [1.29, 1.82) is 0 Å². The zero-order valence-corrected chi connectivity index (χ0v) is 16.3. The molecule has 0 bridgehead atoms. The van der Waals surface area contributed by atoms with Crippen molar-refractivity contribution < 1.29 is 9.18 Å². The second kappa shape index (κ2) is 10.1. The van der Waals surface area contributed by atoms with E-state index in [9.17, 15) is 9.18 Å². The van der Waals surface area contributed by atoms with Crippen LogP contribution >= 0.6 is 23.2 Å². The monoisotopic (exact) mass is 410 g/mol. The van der Waals surface area contributed by atoms with Gasteiger partial charge < -0.3 is 16.4 Å². The Labute approximate surface area is 167 Å². The van der Waals surface area contributed by atoms with Gasteiger partial charge in [-0.15, -0.1) is 0 Å². The summed E-state index contributed by atoms with van der Waals surface area (Å²) in [5.41, 5.74) is 7.46. The molecule has 0 radical (unpaired) electrons. The molecule has 0 saturated carbocycles. The smallest absolute Gasteiger partial charge is 0.224 e. The second-order valence-electron chi connectivity index (χ2n) is 5.95. The third-order valence-corrected chi connectivity index (χ3v) is 4.35. The molecule has 0 aromatic heterocycles. The Morgan fingerprint density at radius 2 is 1.93 bits per heavy atom.